The molecule has 3 N–H and O–H groups in total. The van der Waals surface area contributed by atoms with Gasteiger partial charge in [-0.2, -0.15) is 32.8 Å². The fourth-order valence-electron chi connectivity index (χ4n) is 3.26. The van der Waals surface area contributed by atoms with E-state index in [1.165, 1.54) is 10.6 Å². The summed E-state index contributed by atoms with van der Waals surface area (Å²) in [4.78, 5) is 17.9. The lowest BCUT2D eigenvalue weighted by Crippen LogP contribution is -2.37. The van der Waals surface area contributed by atoms with Gasteiger partial charge >= 0.3 is 6.18 Å². The summed E-state index contributed by atoms with van der Waals surface area (Å²) in [6.45, 7) is 3.82. The molecular formula is C19H20BrF3N8O. The number of imidazole rings is 1. The highest BCUT2D eigenvalue weighted by atomic mass is 79.9. The lowest BCUT2D eigenvalue weighted by atomic mass is 10.1. The predicted octanol–water partition coefficient (Wildman–Crippen LogP) is 3.60. The Balaban J connectivity index is 1.62. The second-order valence-electron chi connectivity index (χ2n) is 8.01. The van der Waals surface area contributed by atoms with Crippen LogP contribution in [-0.2, 0) is 12.7 Å². The zero-order valence-electron chi connectivity index (χ0n) is 17.4. The van der Waals surface area contributed by atoms with E-state index in [4.69, 9.17) is 0 Å². The quantitative estimate of drug-likeness (QED) is 0.362. The first kappa shape index (κ1) is 22.3. The van der Waals surface area contributed by atoms with Crippen LogP contribution in [0.25, 0.3) is 16.7 Å². The van der Waals surface area contributed by atoms with Crippen molar-refractivity contribution in [3.05, 3.63) is 40.3 Å². The van der Waals surface area contributed by atoms with Gasteiger partial charge in [-0.25, -0.2) is 4.98 Å². The van der Waals surface area contributed by atoms with E-state index < -0.39 is 17.3 Å². The molecule has 170 valence electrons. The van der Waals surface area contributed by atoms with Crippen LogP contribution in [0.1, 0.15) is 25.2 Å². The first-order valence-electron chi connectivity index (χ1n) is 9.55. The van der Waals surface area contributed by atoms with Crippen LogP contribution in [0.15, 0.2) is 28.9 Å². The number of rotatable bonds is 6. The van der Waals surface area contributed by atoms with E-state index in [0.717, 1.165) is 12.1 Å². The normalized spacial score (nSPS) is 12.6. The second-order valence-corrected chi connectivity index (χ2v) is 8.86. The molecule has 0 spiro atoms. The molecule has 0 bridgehead atoms. The fourth-order valence-corrected chi connectivity index (χ4v) is 3.61. The van der Waals surface area contributed by atoms with Gasteiger partial charge in [0.2, 0.25) is 11.9 Å². The van der Waals surface area contributed by atoms with E-state index in [1.54, 1.807) is 32.0 Å². The molecule has 0 radical (unpaired) electrons. The largest absolute Gasteiger partial charge is 0.416 e. The molecule has 32 heavy (non-hydrogen) atoms. The molecule has 1 aromatic carbocycles. The van der Waals surface area contributed by atoms with Gasteiger partial charge in [-0.1, -0.05) is 0 Å². The number of fused-ring (bicyclic) bond motifs is 2. The van der Waals surface area contributed by atoms with Crippen molar-refractivity contribution in [2.24, 2.45) is 0 Å². The monoisotopic (exact) mass is 512 g/mol. The van der Waals surface area contributed by atoms with Crippen LogP contribution in [0.4, 0.5) is 25.1 Å². The number of hydrogen-bond acceptors (Lipinski definition) is 7. The number of aromatic nitrogens is 6. The molecule has 4 aromatic rings. The summed E-state index contributed by atoms with van der Waals surface area (Å²) < 4.78 is 41.0. The number of aliphatic hydroxyl groups is 1. The third-order valence-corrected chi connectivity index (χ3v) is 5.11. The predicted molar refractivity (Wildman–Crippen MR) is 116 cm³/mol. The third-order valence-electron chi connectivity index (χ3n) is 4.55. The molecule has 0 amide bonds. The highest BCUT2D eigenvalue weighted by molar-refractivity contribution is 9.10. The van der Waals surface area contributed by atoms with Gasteiger partial charge in [0.1, 0.15) is 5.82 Å². The molecule has 9 nitrogen and oxygen atoms in total. The molecule has 3 aromatic heterocycles. The van der Waals surface area contributed by atoms with Crippen molar-refractivity contribution in [2.45, 2.75) is 32.2 Å². The summed E-state index contributed by atoms with van der Waals surface area (Å²) >= 11 is 3.41. The van der Waals surface area contributed by atoms with Crippen LogP contribution < -0.4 is 10.2 Å². The van der Waals surface area contributed by atoms with Crippen LogP contribution in [0.2, 0.25) is 0 Å². The highest BCUT2D eigenvalue weighted by Gasteiger charge is 2.30. The number of anilines is 2. The minimum absolute atomic E-state index is 0.161. The molecule has 0 saturated heterocycles. The van der Waals surface area contributed by atoms with E-state index in [9.17, 15) is 18.3 Å². The van der Waals surface area contributed by atoms with Crippen LogP contribution in [0.3, 0.4) is 0 Å². The number of alkyl halides is 3. The smallest absolute Gasteiger partial charge is 0.389 e. The molecule has 0 aliphatic rings. The summed E-state index contributed by atoms with van der Waals surface area (Å²) in [6, 6.07) is 3.36. The van der Waals surface area contributed by atoms with Gasteiger partial charge in [-0.15, -0.1) is 0 Å². The molecule has 4 rings (SSSR count). The lowest BCUT2D eigenvalue weighted by Gasteiger charge is -2.25. The SMILES string of the molecule is CN(CC(C)(C)O)c1nc(NCc2nc3ccc(C(F)(F)F)cc3[nH]2)n2ncc(Br)c2n1. The van der Waals surface area contributed by atoms with Crippen LogP contribution >= 0.6 is 15.9 Å². The lowest BCUT2D eigenvalue weighted by molar-refractivity contribution is -0.137. The Morgan fingerprint density at radius 2 is 1.97 bits per heavy atom. The Morgan fingerprint density at radius 1 is 1.22 bits per heavy atom. The van der Waals surface area contributed by atoms with Gasteiger partial charge in [0, 0.05) is 13.6 Å². The Kier molecular flexibility index (Phi) is 5.49. The summed E-state index contributed by atoms with van der Waals surface area (Å²) in [5.41, 5.74) is -0.475. The average Bonchev–Trinajstić information content (AvgIpc) is 3.26. The second kappa shape index (κ2) is 7.89. The van der Waals surface area contributed by atoms with Crippen molar-refractivity contribution in [1.82, 2.24) is 29.5 Å². The minimum atomic E-state index is -4.43. The van der Waals surface area contributed by atoms with Gasteiger partial charge in [-0.3, -0.25) is 0 Å². The number of nitrogens with one attached hydrogen (secondary N) is 2. The Hall–Kier alpha value is -2.93. The van der Waals surface area contributed by atoms with Gasteiger partial charge < -0.3 is 20.3 Å². The fraction of sp³-hybridized carbons (Fsp3) is 0.368. The number of nitrogens with zero attached hydrogens (tertiary/aromatic N) is 6. The van der Waals surface area contributed by atoms with Crippen molar-refractivity contribution in [1.29, 1.82) is 0 Å². The van der Waals surface area contributed by atoms with E-state index in [2.05, 4.69) is 46.3 Å². The van der Waals surface area contributed by atoms with Crippen LogP contribution in [0, 0.1) is 0 Å². The van der Waals surface area contributed by atoms with Crippen LogP contribution in [-0.4, -0.2) is 53.9 Å². The first-order valence-corrected chi connectivity index (χ1v) is 10.3. The standard InChI is InChI=1S/C19H20BrF3N8O/c1-18(2,32)9-30(3)17-28-15-11(20)7-25-31(15)16(29-17)24-8-14-26-12-5-4-10(19(21,22)23)6-13(12)27-14/h4-7,32H,8-9H2,1-3H3,(H,26,27)(H,24,28,29). The Morgan fingerprint density at radius 3 is 2.66 bits per heavy atom. The number of halogens is 4. The number of hydrogen-bond donors (Lipinski definition) is 3. The van der Waals surface area contributed by atoms with Gasteiger partial charge in [0.15, 0.2) is 5.65 Å². The summed E-state index contributed by atoms with van der Waals surface area (Å²) in [7, 11) is 1.76. The first-order chi connectivity index (χ1) is 14.9. The maximum absolute atomic E-state index is 13.0. The number of likely N-dealkylation sites (N-methyl/N-ethyl adjacent to an activating group) is 1. The average molecular weight is 513 g/mol. The molecule has 0 aliphatic heterocycles. The topological polar surface area (TPSA) is 107 Å². The maximum Gasteiger partial charge on any atom is 0.416 e. The summed E-state index contributed by atoms with van der Waals surface area (Å²) in [5.74, 6) is 1.15. The molecule has 0 fully saturated rings. The third kappa shape index (κ3) is 4.63. The van der Waals surface area contributed by atoms with Crippen molar-refractivity contribution >= 4 is 44.5 Å². The zero-order valence-corrected chi connectivity index (χ0v) is 19.0. The van der Waals surface area contributed by atoms with Crippen molar-refractivity contribution in [3.63, 3.8) is 0 Å². The molecular weight excluding hydrogens is 493 g/mol. The number of H-pyrrole nitrogens is 1. The van der Waals surface area contributed by atoms with Gasteiger partial charge in [-0.05, 0) is 48.0 Å². The highest BCUT2D eigenvalue weighted by Crippen LogP contribution is 2.31. The molecule has 0 atom stereocenters. The molecule has 3 heterocycles. The summed E-state index contributed by atoms with van der Waals surface area (Å²) in [5, 5.41) is 17.5. The van der Waals surface area contributed by atoms with Crippen molar-refractivity contribution in [3.8, 4) is 0 Å². The van der Waals surface area contributed by atoms with E-state index in [-0.39, 0.29) is 12.1 Å². The van der Waals surface area contributed by atoms with Crippen molar-refractivity contribution in [2.75, 3.05) is 23.8 Å². The zero-order chi connectivity index (χ0) is 23.3. The van der Waals surface area contributed by atoms with E-state index in [0.29, 0.717) is 39.9 Å². The molecule has 13 heteroatoms. The summed E-state index contributed by atoms with van der Waals surface area (Å²) in [6.07, 6.45) is -2.85. The number of benzene rings is 1. The van der Waals surface area contributed by atoms with E-state index in [1.807, 2.05) is 0 Å². The molecule has 0 saturated carbocycles. The van der Waals surface area contributed by atoms with Gasteiger partial charge in [0.05, 0.1) is 39.4 Å². The van der Waals surface area contributed by atoms with Gasteiger partial charge in [0.25, 0.3) is 0 Å². The van der Waals surface area contributed by atoms with E-state index >= 15 is 0 Å². The minimum Gasteiger partial charge on any atom is -0.389 e. The molecule has 0 unspecified atom stereocenters. The van der Waals surface area contributed by atoms with Crippen molar-refractivity contribution < 1.29 is 18.3 Å². The molecule has 0 aliphatic carbocycles. The number of aromatic amines is 1. The Labute approximate surface area is 188 Å². The maximum atomic E-state index is 13.0. The Bertz CT molecular complexity index is 1280. The van der Waals surface area contributed by atoms with Crippen LogP contribution in [0.5, 0.6) is 0 Å².